The second-order valence-corrected chi connectivity index (χ2v) is 7.60. The third kappa shape index (κ3) is 3.86. The fourth-order valence-electron chi connectivity index (χ4n) is 4.25. The van der Waals surface area contributed by atoms with Crippen LogP contribution in [0.4, 0.5) is 0 Å². The molecule has 1 aromatic carbocycles. The highest BCUT2D eigenvalue weighted by Crippen LogP contribution is 2.27. The maximum atomic E-state index is 12.4. The lowest BCUT2D eigenvalue weighted by molar-refractivity contribution is 0.178. The molecule has 0 aliphatic carbocycles. The zero-order chi connectivity index (χ0) is 19.5. The molecule has 1 aliphatic heterocycles. The minimum atomic E-state index is -0.0117. The number of benzene rings is 1. The zero-order valence-corrected chi connectivity index (χ0v) is 16.7. The summed E-state index contributed by atoms with van der Waals surface area (Å²) in [7, 11) is 0. The molecule has 4 rings (SSSR count). The normalized spacial score (nSPS) is 18.8. The van der Waals surface area contributed by atoms with Gasteiger partial charge in [-0.25, -0.2) is 4.98 Å². The summed E-state index contributed by atoms with van der Waals surface area (Å²) in [6.45, 7) is 8.31. The van der Waals surface area contributed by atoms with Crippen LogP contribution in [0.3, 0.4) is 0 Å². The molecule has 1 fully saturated rings. The van der Waals surface area contributed by atoms with Crippen LogP contribution in [0.25, 0.3) is 5.65 Å². The van der Waals surface area contributed by atoms with Gasteiger partial charge in [-0.2, -0.15) is 0 Å². The van der Waals surface area contributed by atoms with Crippen molar-refractivity contribution in [3.63, 3.8) is 0 Å². The molecule has 5 nitrogen and oxygen atoms in total. The topological polar surface area (TPSA) is 40.9 Å². The number of aromatic nitrogens is 2. The second kappa shape index (κ2) is 8.25. The van der Waals surface area contributed by atoms with Crippen molar-refractivity contribution in [3.05, 3.63) is 82.4 Å². The Morgan fingerprint density at radius 2 is 1.96 bits per heavy atom. The molecule has 2 atom stereocenters. The Hall–Kier alpha value is -2.50. The number of pyridine rings is 1. The van der Waals surface area contributed by atoms with Crippen molar-refractivity contribution in [1.29, 1.82) is 0 Å². The van der Waals surface area contributed by atoms with Crippen molar-refractivity contribution in [1.82, 2.24) is 19.2 Å². The van der Waals surface area contributed by atoms with Crippen LogP contribution in [0, 0.1) is 0 Å². The van der Waals surface area contributed by atoms with Crippen LogP contribution in [-0.2, 0) is 6.54 Å². The van der Waals surface area contributed by atoms with E-state index in [4.69, 9.17) is 4.98 Å². The highest BCUT2D eigenvalue weighted by atomic mass is 16.1. The quantitative estimate of drug-likeness (QED) is 0.662. The molecule has 0 unspecified atom stereocenters. The highest BCUT2D eigenvalue weighted by Gasteiger charge is 2.30. The van der Waals surface area contributed by atoms with Gasteiger partial charge in [0.1, 0.15) is 5.65 Å². The van der Waals surface area contributed by atoms with E-state index in [0.717, 1.165) is 38.3 Å². The van der Waals surface area contributed by atoms with Crippen molar-refractivity contribution in [3.8, 4) is 0 Å². The first-order chi connectivity index (χ1) is 13.7. The Morgan fingerprint density at radius 3 is 2.75 bits per heavy atom. The van der Waals surface area contributed by atoms with Crippen LogP contribution in [0.15, 0.2) is 65.6 Å². The van der Waals surface area contributed by atoms with Crippen LogP contribution < -0.4 is 5.56 Å². The van der Waals surface area contributed by atoms with Gasteiger partial charge in [0.2, 0.25) is 0 Å². The maximum absolute atomic E-state index is 12.4. The lowest BCUT2D eigenvalue weighted by Gasteiger charge is -2.29. The van der Waals surface area contributed by atoms with E-state index in [1.165, 1.54) is 5.56 Å². The molecule has 2 aromatic heterocycles. The Balaban J connectivity index is 1.47. The van der Waals surface area contributed by atoms with Crippen molar-refractivity contribution in [2.24, 2.45) is 0 Å². The van der Waals surface area contributed by atoms with Crippen LogP contribution in [-0.4, -0.2) is 44.9 Å². The predicted molar refractivity (Wildman–Crippen MR) is 112 cm³/mol. The summed E-state index contributed by atoms with van der Waals surface area (Å²) >= 11 is 0. The third-order valence-corrected chi connectivity index (χ3v) is 5.94. The number of rotatable bonds is 6. The Kier molecular flexibility index (Phi) is 5.55. The second-order valence-electron chi connectivity index (χ2n) is 7.60. The molecule has 1 aliphatic rings. The highest BCUT2D eigenvalue weighted by molar-refractivity contribution is 5.38. The fourth-order valence-corrected chi connectivity index (χ4v) is 4.25. The number of likely N-dealkylation sites (N-methyl/N-ethyl adjacent to an activating group) is 1. The smallest absolute Gasteiger partial charge is 0.258 e. The van der Waals surface area contributed by atoms with E-state index in [9.17, 15) is 4.79 Å². The average molecular weight is 377 g/mol. The summed E-state index contributed by atoms with van der Waals surface area (Å²) in [5.41, 5.74) is 2.93. The van der Waals surface area contributed by atoms with E-state index in [1.54, 1.807) is 16.7 Å². The molecule has 28 heavy (non-hydrogen) atoms. The SMILES string of the molecule is CCN(Cc1cc(=O)n2ccccc2n1)[C@H]1CCN([C@@H](C)c2ccccc2)C1. The van der Waals surface area contributed by atoms with E-state index < -0.39 is 0 Å². The number of hydrogen-bond donors (Lipinski definition) is 0. The van der Waals surface area contributed by atoms with Gasteiger partial charge in [-0.05, 0) is 37.6 Å². The fraction of sp³-hybridized carbons (Fsp3) is 0.391. The van der Waals surface area contributed by atoms with Crippen molar-refractivity contribution < 1.29 is 0 Å². The molecule has 1 saturated heterocycles. The predicted octanol–water partition coefficient (Wildman–Crippen LogP) is 3.35. The van der Waals surface area contributed by atoms with E-state index in [-0.39, 0.29) is 5.56 Å². The van der Waals surface area contributed by atoms with Crippen LogP contribution in [0.2, 0.25) is 0 Å². The molecule has 3 aromatic rings. The molecule has 0 bridgehead atoms. The maximum Gasteiger partial charge on any atom is 0.258 e. The Labute approximate surface area is 166 Å². The first-order valence-electron chi connectivity index (χ1n) is 10.2. The van der Waals surface area contributed by atoms with Gasteiger partial charge in [0.25, 0.3) is 5.56 Å². The lowest BCUT2D eigenvalue weighted by atomic mass is 10.1. The number of hydrogen-bond acceptors (Lipinski definition) is 4. The van der Waals surface area contributed by atoms with Crippen LogP contribution in [0.1, 0.15) is 37.6 Å². The molecule has 0 radical (unpaired) electrons. The van der Waals surface area contributed by atoms with Gasteiger partial charge in [-0.3, -0.25) is 19.0 Å². The van der Waals surface area contributed by atoms with Crippen molar-refractivity contribution >= 4 is 5.65 Å². The van der Waals surface area contributed by atoms with Gasteiger partial charge in [0, 0.05) is 44.0 Å². The molecule has 0 amide bonds. The van der Waals surface area contributed by atoms with Gasteiger partial charge < -0.3 is 0 Å². The summed E-state index contributed by atoms with van der Waals surface area (Å²) < 4.78 is 1.60. The summed E-state index contributed by atoms with van der Waals surface area (Å²) in [6.07, 6.45) is 2.92. The summed E-state index contributed by atoms with van der Waals surface area (Å²) in [5, 5.41) is 0. The molecular weight excluding hydrogens is 348 g/mol. The van der Waals surface area contributed by atoms with Gasteiger partial charge in [-0.15, -0.1) is 0 Å². The van der Waals surface area contributed by atoms with Crippen LogP contribution >= 0.6 is 0 Å². The molecular formula is C23H28N4O. The average Bonchev–Trinajstić information content (AvgIpc) is 3.22. The van der Waals surface area contributed by atoms with Crippen molar-refractivity contribution in [2.45, 2.75) is 38.9 Å². The minimum absolute atomic E-state index is 0.0117. The Bertz CT molecular complexity index is 985. The number of likely N-dealkylation sites (tertiary alicyclic amines) is 1. The summed E-state index contributed by atoms with van der Waals surface area (Å²) in [6, 6.07) is 19.0. The van der Waals surface area contributed by atoms with Gasteiger partial charge in [0.05, 0.1) is 5.69 Å². The van der Waals surface area contributed by atoms with E-state index >= 15 is 0 Å². The zero-order valence-electron chi connectivity index (χ0n) is 16.7. The van der Waals surface area contributed by atoms with E-state index in [2.05, 4.69) is 54.0 Å². The monoisotopic (exact) mass is 376 g/mol. The summed E-state index contributed by atoms with van der Waals surface area (Å²) in [5.74, 6) is 0. The number of fused-ring (bicyclic) bond motifs is 1. The molecule has 0 N–H and O–H groups in total. The van der Waals surface area contributed by atoms with E-state index in [1.807, 2.05) is 18.2 Å². The largest absolute Gasteiger partial charge is 0.295 e. The Morgan fingerprint density at radius 1 is 1.18 bits per heavy atom. The third-order valence-electron chi connectivity index (χ3n) is 5.94. The molecule has 0 saturated carbocycles. The first kappa shape index (κ1) is 18.8. The van der Waals surface area contributed by atoms with Crippen molar-refractivity contribution in [2.75, 3.05) is 19.6 Å². The molecule has 5 heteroatoms. The molecule has 0 spiro atoms. The van der Waals surface area contributed by atoms with Crippen LogP contribution in [0.5, 0.6) is 0 Å². The minimum Gasteiger partial charge on any atom is -0.295 e. The van der Waals surface area contributed by atoms with Gasteiger partial charge in [-0.1, -0.05) is 43.3 Å². The van der Waals surface area contributed by atoms with Gasteiger partial charge in [0.15, 0.2) is 0 Å². The summed E-state index contributed by atoms with van der Waals surface area (Å²) in [4.78, 5) is 22.1. The number of nitrogens with zero attached hydrogens (tertiary/aromatic N) is 4. The lowest BCUT2D eigenvalue weighted by Crippen LogP contribution is -2.38. The van der Waals surface area contributed by atoms with Gasteiger partial charge >= 0.3 is 0 Å². The standard InChI is InChI=1S/C23H28N4O/c1-3-25(16-20-15-23(28)27-13-8-7-11-22(27)24-20)21-12-14-26(17-21)18(2)19-9-5-4-6-10-19/h4-11,13,15,18,21H,3,12,14,16-17H2,1-2H3/t18-,21-/m0/s1. The first-order valence-corrected chi connectivity index (χ1v) is 10.2. The molecule has 146 valence electrons. The van der Waals surface area contributed by atoms with E-state index in [0.29, 0.717) is 17.7 Å². The molecule has 3 heterocycles.